The molecule has 3 nitrogen and oxygen atoms in total. The molecule has 0 fully saturated rings. The maximum atomic E-state index is 8.83. The normalized spacial score (nSPS) is 12.4. The molecule has 0 aliphatic carbocycles. The molecule has 82 valence electrons. The van der Waals surface area contributed by atoms with Crippen LogP contribution in [0.4, 0.5) is 0 Å². The molecule has 0 radical (unpaired) electrons. The van der Waals surface area contributed by atoms with Crippen molar-refractivity contribution in [2.24, 2.45) is 5.73 Å². The van der Waals surface area contributed by atoms with E-state index in [1.165, 1.54) is 0 Å². The second kappa shape index (κ2) is 5.16. The molecule has 0 spiro atoms. The number of rotatable bonds is 3. The number of aromatic amines is 1. The number of H-pyrrole nitrogens is 1. The van der Waals surface area contributed by atoms with E-state index in [4.69, 9.17) is 10.8 Å². The first-order valence-corrected chi connectivity index (χ1v) is 4.75. The molecule has 0 amide bonds. The highest BCUT2D eigenvalue weighted by Gasteiger charge is 2.08. The Balaban J connectivity index is 0.00000112. The van der Waals surface area contributed by atoms with Gasteiger partial charge >= 0.3 is 0 Å². The Morgan fingerprint density at radius 3 is 2.87 bits per heavy atom. The summed E-state index contributed by atoms with van der Waals surface area (Å²) in [5.74, 6) is 0. The standard InChI is InChI=1S/C11H14N2O.ClH/c12-10(5-7-14)8-2-1-3-11-9(8)4-6-13-11;/h1-4,6,10,13-14H,5,7,12H2;1H/t10-;/m1./s1. The van der Waals surface area contributed by atoms with Gasteiger partial charge in [-0.3, -0.25) is 0 Å². The minimum Gasteiger partial charge on any atom is -0.396 e. The summed E-state index contributed by atoms with van der Waals surface area (Å²) in [5, 5.41) is 9.98. The Bertz CT molecular complexity index is 427. The second-order valence-corrected chi connectivity index (χ2v) is 3.40. The molecule has 1 aromatic carbocycles. The van der Waals surface area contributed by atoms with Gasteiger partial charge in [0.05, 0.1) is 0 Å². The largest absolute Gasteiger partial charge is 0.396 e. The van der Waals surface area contributed by atoms with Crippen molar-refractivity contribution in [2.45, 2.75) is 12.5 Å². The molecule has 2 aromatic rings. The van der Waals surface area contributed by atoms with Crippen molar-refractivity contribution in [2.75, 3.05) is 6.61 Å². The molecule has 4 heteroatoms. The lowest BCUT2D eigenvalue weighted by molar-refractivity contribution is 0.277. The van der Waals surface area contributed by atoms with E-state index in [1.54, 1.807) is 0 Å². The van der Waals surface area contributed by atoms with Gasteiger partial charge in [0.2, 0.25) is 0 Å². The fourth-order valence-corrected chi connectivity index (χ4v) is 1.73. The third-order valence-corrected chi connectivity index (χ3v) is 2.47. The predicted octanol–water partition coefficient (Wildman–Crippen LogP) is 1.97. The van der Waals surface area contributed by atoms with E-state index in [0.29, 0.717) is 6.42 Å². The van der Waals surface area contributed by atoms with Crippen molar-refractivity contribution < 1.29 is 5.11 Å². The summed E-state index contributed by atoms with van der Waals surface area (Å²) in [6, 6.07) is 7.94. The lowest BCUT2D eigenvalue weighted by atomic mass is 10.0. The van der Waals surface area contributed by atoms with Crippen molar-refractivity contribution in [3.8, 4) is 0 Å². The molecular weight excluding hydrogens is 212 g/mol. The van der Waals surface area contributed by atoms with Gasteiger partial charge in [-0.05, 0) is 24.1 Å². The van der Waals surface area contributed by atoms with Gasteiger partial charge in [0, 0.05) is 29.7 Å². The van der Waals surface area contributed by atoms with Crippen molar-refractivity contribution in [1.29, 1.82) is 0 Å². The van der Waals surface area contributed by atoms with Crippen LogP contribution in [-0.2, 0) is 0 Å². The third kappa shape index (κ3) is 2.31. The molecule has 15 heavy (non-hydrogen) atoms. The van der Waals surface area contributed by atoms with Crippen molar-refractivity contribution >= 4 is 23.3 Å². The van der Waals surface area contributed by atoms with Gasteiger partial charge in [0.25, 0.3) is 0 Å². The van der Waals surface area contributed by atoms with Gasteiger partial charge in [-0.25, -0.2) is 0 Å². The predicted molar refractivity (Wildman–Crippen MR) is 64.2 cm³/mol. The molecule has 4 N–H and O–H groups in total. The van der Waals surface area contributed by atoms with Crippen LogP contribution in [0.3, 0.4) is 0 Å². The minimum absolute atomic E-state index is 0. The molecule has 1 atom stereocenters. The SMILES string of the molecule is Cl.N[C@H](CCO)c1cccc2[nH]ccc12. The number of aliphatic hydroxyl groups excluding tert-OH is 1. The van der Waals surface area contributed by atoms with Crippen LogP contribution in [0, 0.1) is 0 Å². The maximum Gasteiger partial charge on any atom is 0.0457 e. The fourth-order valence-electron chi connectivity index (χ4n) is 1.73. The summed E-state index contributed by atoms with van der Waals surface area (Å²) >= 11 is 0. The van der Waals surface area contributed by atoms with Crippen molar-refractivity contribution in [3.63, 3.8) is 0 Å². The van der Waals surface area contributed by atoms with E-state index < -0.39 is 0 Å². The number of aromatic nitrogens is 1. The fraction of sp³-hybridized carbons (Fsp3) is 0.273. The number of hydrogen-bond acceptors (Lipinski definition) is 2. The number of nitrogens with one attached hydrogen (secondary N) is 1. The maximum absolute atomic E-state index is 8.83. The lowest BCUT2D eigenvalue weighted by Crippen LogP contribution is -2.11. The molecule has 0 aliphatic rings. The van der Waals surface area contributed by atoms with Gasteiger partial charge < -0.3 is 15.8 Å². The lowest BCUT2D eigenvalue weighted by Gasteiger charge is -2.11. The summed E-state index contributed by atoms with van der Waals surface area (Å²) in [6.07, 6.45) is 2.50. The molecule has 0 saturated heterocycles. The first-order chi connectivity index (χ1) is 6.83. The van der Waals surface area contributed by atoms with E-state index in [0.717, 1.165) is 16.5 Å². The molecule has 2 rings (SSSR count). The van der Waals surface area contributed by atoms with Crippen LogP contribution in [0.1, 0.15) is 18.0 Å². The monoisotopic (exact) mass is 226 g/mol. The summed E-state index contributed by atoms with van der Waals surface area (Å²) in [7, 11) is 0. The van der Waals surface area contributed by atoms with Crippen LogP contribution in [0.5, 0.6) is 0 Å². The van der Waals surface area contributed by atoms with Crippen LogP contribution in [0.15, 0.2) is 30.5 Å². The smallest absolute Gasteiger partial charge is 0.0457 e. The quantitative estimate of drug-likeness (QED) is 0.750. The first-order valence-electron chi connectivity index (χ1n) is 4.75. The second-order valence-electron chi connectivity index (χ2n) is 3.40. The van der Waals surface area contributed by atoms with Gasteiger partial charge in [-0.2, -0.15) is 0 Å². The number of benzene rings is 1. The zero-order chi connectivity index (χ0) is 9.97. The highest BCUT2D eigenvalue weighted by atomic mass is 35.5. The van der Waals surface area contributed by atoms with Gasteiger partial charge in [0.15, 0.2) is 0 Å². The first kappa shape index (κ1) is 12.0. The Morgan fingerprint density at radius 2 is 2.13 bits per heavy atom. The average Bonchev–Trinajstić information content (AvgIpc) is 2.65. The van der Waals surface area contributed by atoms with Crippen LogP contribution in [0.25, 0.3) is 10.9 Å². The van der Waals surface area contributed by atoms with E-state index in [-0.39, 0.29) is 25.1 Å². The molecule has 1 heterocycles. The molecule has 0 unspecified atom stereocenters. The van der Waals surface area contributed by atoms with Crippen molar-refractivity contribution in [1.82, 2.24) is 4.98 Å². The Kier molecular flexibility index (Phi) is 4.15. The van der Waals surface area contributed by atoms with Crippen LogP contribution in [0.2, 0.25) is 0 Å². The van der Waals surface area contributed by atoms with Gasteiger partial charge in [-0.15, -0.1) is 12.4 Å². The average molecular weight is 227 g/mol. The number of halogens is 1. The molecule has 0 aliphatic heterocycles. The van der Waals surface area contributed by atoms with Crippen LogP contribution >= 0.6 is 12.4 Å². The number of nitrogens with two attached hydrogens (primary N) is 1. The molecule has 0 bridgehead atoms. The van der Waals surface area contributed by atoms with E-state index in [2.05, 4.69) is 4.98 Å². The highest BCUT2D eigenvalue weighted by Crippen LogP contribution is 2.23. The number of aliphatic hydroxyl groups is 1. The Morgan fingerprint density at radius 1 is 1.33 bits per heavy atom. The van der Waals surface area contributed by atoms with E-state index in [1.807, 2.05) is 30.5 Å². The zero-order valence-corrected chi connectivity index (χ0v) is 9.13. The minimum atomic E-state index is -0.0838. The van der Waals surface area contributed by atoms with Gasteiger partial charge in [0.1, 0.15) is 0 Å². The summed E-state index contributed by atoms with van der Waals surface area (Å²) in [4.78, 5) is 3.14. The topological polar surface area (TPSA) is 62.0 Å². The summed E-state index contributed by atoms with van der Waals surface area (Å²) < 4.78 is 0. The zero-order valence-electron chi connectivity index (χ0n) is 8.31. The number of hydrogen-bond donors (Lipinski definition) is 3. The third-order valence-electron chi connectivity index (χ3n) is 2.47. The molecule has 1 aromatic heterocycles. The Labute approximate surface area is 94.7 Å². The Hall–Kier alpha value is -1.03. The van der Waals surface area contributed by atoms with E-state index >= 15 is 0 Å². The van der Waals surface area contributed by atoms with Crippen LogP contribution in [-0.4, -0.2) is 16.7 Å². The van der Waals surface area contributed by atoms with Crippen molar-refractivity contribution in [3.05, 3.63) is 36.0 Å². The highest BCUT2D eigenvalue weighted by molar-refractivity contribution is 5.85. The molecule has 0 saturated carbocycles. The van der Waals surface area contributed by atoms with E-state index in [9.17, 15) is 0 Å². The number of fused-ring (bicyclic) bond motifs is 1. The summed E-state index contributed by atoms with van der Waals surface area (Å²) in [6.45, 7) is 0.127. The van der Waals surface area contributed by atoms with Crippen LogP contribution < -0.4 is 5.73 Å². The summed E-state index contributed by atoms with van der Waals surface area (Å²) in [5.41, 5.74) is 8.15. The molecular formula is C11H15ClN2O. The van der Waals surface area contributed by atoms with Gasteiger partial charge in [-0.1, -0.05) is 12.1 Å².